The lowest BCUT2D eigenvalue weighted by atomic mass is 9.98. The van der Waals surface area contributed by atoms with E-state index in [2.05, 4.69) is 49.1 Å². The van der Waals surface area contributed by atoms with Gasteiger partial charge in [-0.1, -0.05) is 30.3 Å². The van der Waals surface area contributed by atoms with Gasteiger partial charge in [0.15, 0.2) is 11.5 Å². The molecule has 5 nitrogen and oxygen atoms in total. The number of rotatable bonds is 6. The van der Waals surface area contributed by atoms with Crippen molar-refractivity contribution in [3.8, 4) is 17.2 Å². The number of piperidine rings is 1. The Balaban J connectivity index is 1.08. The quantitative estimate of drug-likeness (QED) is 0.359. The van der Waals surface area contributed by atoms with Crippen molar-refractivity contribution in [3.05, 3.63) is 82.9 Å². The third-order valence-corrected chi connectivity index (χ3v) is 8.97. The number of hydrogen-bond donors (Lipinski definition) is 0. The maximum absolute atomic E-state index is 13.5. The first-order chi connectivity index (χ1) is 17.5. The first-order valence-corrected chi connectivity index (χ1v) is 13.7. The number of benzene rings is 3. The number of aryl methyl sites for hydroxylation is 2. The molecule has 2 fully saturated rings. The number of nitrogens with zero attached hydrogens (tertiary/aromatic N) is 1. The van der Waals surface area contributed by atoms with Crippen molar-refractivity contribution in [2.24, 2.45) is 0 Å². The lowest BCUT2D eigenvalue weighted by Crippen LogP contribution is -2.49. The highest BCUT2D eigenvalue weighted by atomic mass is 32.2. The van der Waals surface area contributed by atoms with Crippen LogP contribution in [0.2, 0.25) is 0 Å². The molecule has 6 rings (SSSR count). The summed E-state index contributed by atoms with van der Waals surface area (Å²) in [6.45, 7) is 4.58. The van der Waals surface area contributed by atoms with Gasteiger partial charge in [-0.3, -0.25) is 4.79 Å². The Morgan fingerprint density at radius 1 is 0.944 bits per heavy atom. The van der Waals surface area contributed by atoms with Crippen molar-refractivity contribution in [2.75, 3.05) is 6.79 Å². The number of amides is 1. The summed E-state index contributed by atoms with van der Waals surface area (Å²) >= 11 is 1.86. The van der Waals surface area contributed by atoms with Crippen molar-refractivity contribution in [1.82, 2.24) is 4.90 Å². The van der Waals surface area contributed by atoms with Gasteiger partial charge in [-0.05, 0) is 67.6 Å². The predicted molar refractivity (Wildman–Crippen MR) is 141 cm³/mol. The van der Waals surface area contributed by atoms with Crippen LogP contribution in [0, 0.1) is 13.8 Å². The summed E-state index contributed by atoms with van der Waals surface area (Å²) in [5, 5.41) is 0. The second kappa shape index (κ2) is 9.74. The fourth-order valence-electron chi connectivity index (χ4n) is 5.77. The molecule has 6 heteroatoms. The van der Waals surface area contributed by atoms with Crippen molar-refractivity contribution < 1.29 is 19.0 Å². The Morgan fingerprint density at radius 3 is 2.36 bits per heavy atom. The molecule has 0 spiro atoms. The zero-order valence-corrected chi connectivity index (χ0v) is 21.6. The van der Waals surface area contributed by atoms with Crippen LogP contribution < -0.4 is 14.2 Å². The van der Waals surface area contributed by atoms with Gasteiger partial charge in [0.05, 0.1) is 0 Å². The maximum Gasteiger partial charge on any atom is 0.254 e. The van der Waals surface area contributed by atoms with Crippen molar-refractivity contribution in [3.63, 3.8) is 0 Å². The average molecular weight is 502 g/mol. The molecule has 3 aromatic carbocycles. The fourth-order valence-corrected chi connectivity index (χ4v) is 6.87. The van der Waals surface area contributed by atoms with E-state index in [1.807, 2.05) is 42.1 Å². The second-order valence-electron chi connectivity index (χ2n) is 10.0. The smallest absolute Gasteiger partial charge is 0.254 e. The number of ether oxygens (including phenoxy) is 3. The van der Waals surface area contributed by atoms with E-state index < -0.39 is 0 Å². The Labute approximate surface area is 216 Å². The largest absolute Gasteiger partial charge is 0.490 e. The van der Waals surface area contributed by atoms with Crippen LogP contribution in [0.4, 0.5) is 0 Å². The van der Waals surface area contributed by atoms with Crippen LogP contribution in [0.25, 0.3) is 0 Å². The van der Waals surface area contributed by atoms with Gasteiger partial charge < -0.3 is 19.1 Å². The molecule has 0 radical (unpaired) electrons. The summed E-state index contributed by atoms with van der Waals surface area (Å²) in [6.07, 6.45) is 3.92. The van der Waals surface area contributed by atoms with Crippen molar-refractivity contribution >= 4 is 17.7 Å². The van der Waals surface area contributed by atoms with Crippen molar-refractivity contribution in [2.45, 2.75) is 68.4 Å². The van der Waals surface area contributed by atoms with E-state index in [1.54, 1.807) is 0 Å². The van der Waals surface area contributed by atoms with Crippen LogP contribution in [0.3, 0.4) is 0 Å². The third-order valence-electron chi connectivity index (χ3n) is 7.56. The first-order valence-electron chi connectivity index (χ1n) is 12.7. The van der Waals surface area contributed by atoms with Crippen LogP contribution in [0.5, 0.6) is 17.2 Å². The molecule has 1 amide bonds. The Kier molecular flexibility index (Phi) is 6.30. The third kappa shape index (κ3) is 4.55. The molecule has 2 saturated heterocycles. The van der Waals surface area contributed by atoms with E-state index in [1.165, 1.54) is 21.6 Å². The number of carbonyl (C=O) groups excluding carboxylic acids is 1. The van der Waals surface area contributed by atoms with E-state index in [9.17, 15) is 4.79 Å². The molecule has 0 aliphatic carbocycles. The van der Waals surface area contributed by atoms with Crippen LogP contribution in [0.15, 0.2) is 65.6 Å². The van der Waals surface area contributed by atoms with Crippen LogP contribution in [-0.4, -0.2) is 35.8 Å². The van der Waals surface area contributed by atoms with E-state index in [-0.39, 0.29) is 30.9 Å². The van der Waals surface area contributed by atoms with Gasteiger partial charge in [-0.15, -0.1) is 11.8 Å². The highest BCUT2D eigenvalue weighted by molar-refractivity contribution is 7.98. The van der Waals surface area contributed by atoms with E-state index in [4.69, 9.17) is 14.2 Å². The zero-order valence-electron chi connectivity index (χ0n) is 20.7. The van der Waals surface area contributed by atoms with Gasteiger partial charge in [0.1, 0.15) is 11.9 Å². The summed E-state index contributed by atoms with van der Waals surface area (Å²) in [4.78, 5) is 17.0. The van der Waals surface area contributed by atoms with E-state index in [0.717, 1.165) is 54.2 Å². The van der Waals surface area contributed by atoms with Gasteiger partial charge in [0.25, 0.3) is 5.91 Å². The average Bonchev–Trinajstić information content (AvgIpc) is 3.45. The molecule has 2 atom stereocenters. The summed E-state index contributed by atoms with van der Waals surface area (Å²) in [5.74, 6) is 3.35. The number of thioether (sulfide) groups is 1. The molecule has 36 heavy (non-hydrogen) atoms. The molecule has 3 aromatic rings. The molecule has 3 aliphatic heterocycles. The molecule has 0 saturated carbocycles. The first kappa shape index (κ1) is 23.3. The fraction of sp³-hybridized carbons (Fsp3) is 0.367. The summed E-state index contributed by atoms with van der Waals surface area (Å²) in [5.41, 5.74) is 4.64. The molecule has 186 valence electrons. The van der Waals surface area contributed by atoms with E-state index in [0.29, 0.717) is 0 Å². The highest BCUT2D eigenvalue weighted by Crippen LogP contribution is 2.40. The van der Waals surface area contributed by atoms with Crippen molar-refractivity contribution in [1.29, 1.82) is 0 Å². The maximum atomic E-state index is 13.5. The Morgan fingerprint density at radius 2 is 1.64 bits per heavy atom. The molecular formula is C30H31NO4S. The standard InChI is InChI=1S/C30H31NO4S/c1-19-4-3-5-20(2)29(19)36-17-21-6-8-22(9-7-21)30(32)31-23-10-11-24(31)15-26(14-23)35-25-12-13-27-28(16-25)34-18-33-27/h3-9,12-13,16,23-24,26H,10-11,14-15,17-18H2,1-2H3/t23-,24-/m0/s1. The van der Waals surface area contributed by atoms with E-state index >= 15 is 0 Å². The van der Waals surface area contributed by atoms with Crippen LogP contribution in [-0.2, 0) is 5.75 Å². The Bertz CT molecular complexity index is 1240. The zero-order chi connectivity index (χ0) is 24.6. The lowest BCUT2D eigenvalue weighted by Gasteiger charge is -2.39. The minimum Gasteiger partial charge on any atom is -0.490 e. The summed E-state index contributed by atoms with van der Waals surface area (Å²) in [6, 6.07) is 20.8. The van der Waals surface area contributed by atoms with Gasteiger partial charge >= 0.3 is 0 Å². The molecule has 2 bridgehead atoms. The molecular weight excluding hydrogens is 470 g/mol. The normalized spacial score (nSPS) is 22.1. The Hall–Kier alpha value is -3.12. The monoisotopic (exact) mass is 501 g/mol. The predicted octanol–water partition coefficient (Wildman–Crippen LogP) is 6.54. The number of hydrogen-bond acceptors (Lipinski definition) is 5. The summed E-state index contributed by atoms with van der Waals surface area (Å²) in [7, 11) is 0. The van der Waals surface area contributed by atoms with Gasteiger partial charge in [0, 0.05) is 47.2 Å². The number of fused-ring (bicyclic) bond motifs is 3. The number of carbonyl (C=O) groups is 1. The topological polar surface area (TPSA) is 48.0 Å². The minimum absolute atomic E-state index is 0.108. The SMILES string of the molecule is Cc1cccc(C)c1SCc1ccc(C(=O)N2[C@H]3CC[C@H]2CC(Oc2ccc4c(c2)OCO4)C3)cc1. The molecule has 3 heterocycles. The highest BCUT2D eigenvalue weighted by Gasteiger charge is 2.44. The van der Waals surface area contributed by atoms with Crippen LogP contribution in [0.1, 0.15) is 52.7 Å². The molecule has 0 N–H and O–H groups in total. The summed E-state index contributed by atoms with van der Waals surface area (Å²) < 4.78 is 17.2. The molecule has 0 unspecified atom stereocenters. The molecule has 3 aliphatic rings. The lowest BCUT2D eigenvalue weighted by molar-refractivity contribution is 0.0358. The van der Waals surface area contributed by atoms with Gasteiger partial charge in [0.2, 0.25) is 6.79 Å². The minimum atomic E-state index is 0.108. The van der Waals surface area contributed by atoms with Crippen LogP contribution >= 0.6 is 11.8 Å². The van der Waals surface area contributed by atoms with Gasteiger partial charge in [-0.25, -0.2) is 0 Å². The molecule has 0 aromatic heterocycles. The second-order valence-corrected chi connectivity index (χ2v) is 11.0. The van der Waals surface area contributed by atoms with Gasteiger partial charge in [-0.2, -0.15) is 0 Å².